The van der Waals surface area contributed by atoms with E-state index in [4.69, 9.17) is 0 Å². The third kappa shape index (κ3) is 1.73. The molecule has 0 saturated heterocycles. The molecule has 1 aromatic carbocycles. The highest BCUT2D eigenvalue weighted by Crippen LogP contribution is 2.26. The summed E-state index contributed by atoms with van der Waals surface area (Å²) in [6, 6.07) is 12.6. The highest BCUT2D eigenvalue weighted by atomic mass is 32.1. The molecule has 0 atom stereocenters. The first-order valence-corrected chi connectivity index (χ1v) is 5.10. The molecular formula is C11H11NS. The molecule has 2 aromatic rings. The van der Waals surface area contributed by atoms with E-state index < -0.39 is 0 Å². The van der Waals surface area contributed by atoms with Crippen LogP contribution in [0.25, 0.3) is 10.4 Å². The highest BCUT2D eigenvalue weighted by molar-refractivity contribution is 7.13. The number of thiophene rings is 1. The van der Waals surface area contributed by atoms with E-state index >= 15 is 0 Å². The Bertz CT molecular complexity index is 379. The predicted molar refractivity (Wildman–Crippen MR) is 59.3 cm³/mol. The van der Waals surface area contributed by atoms with Crippen molar-refractivity contribution in [3.63, 3.8) is 0 Å². The first-order valence-electron chi connectivity index (χ1n) is 4.22. The number of hydrogen-bond donors (Lipinski definition) is 1. The van der Waals surface area contributed by atoms with Crippen LogP contribution in [0.1, 0.15) is 0 Å². The second kappa shape index (κ2) is 3.62. The maximum atomic E-state index is 3.13. The van der Waals surface area contributed by atoms with Gasteiger partial charge in [0.25, 0.3) is 0 Å². The molecule has 66 valence electrons. The Balaban J connectivity index is 2.41. The van der Waals surface area contributed by atoms with Crippen LogP contribution in [0.15, 0.2) is 41.8 Å². The first-order chi connectivity index (χ1) is 6.40. The third-order valence-corrected chi connectivity index (χ3v) is 2.88. The summed E-state index contributed by atoms with van der Waals surface area (Å²) in [5.41, 5.74) is 2.44. The van der Waals surface area contributed by atoms with Gasteiger partial charge in [0.05, 0.1) is 0 Å². The van der Waals surface area contributed by atoms with Crippen LogP contribution >= 0.6 is 11.3 Å². The van der Waals surface area contributed by atoms with Crippen molar-refractivity contribution in [1.29, 1.82) is 0 Å². The second-order valence-corrected chi connectivity index (χ2v) is 3.76. The molecule has 2 heteroatoms. The Labute approximate surface area is 82.0 Å². The molecule has 0 unspecified atom stereocenters. The standard InChI is InChI=1S/C11H11NS/c1-12-10-5-2-4-9(8-10)11-6-3-7-13-11/h2-8,12H,1H3. The lowest BCUT2D eigenvalue weighted by Gasteiger charge is -2.01. The topological polar surface area (TPSA) is 12.0 Å². The minimum atomic E-state index is 1.16. The van der Waals surface area contributed by atoms with Gasteiger partial charge in [0, 0.05) is 17.6 Å². The van der Waals surface area contributed by atoms with Crippen molar-refractivity contribution in [1.82, 2.24) is 0 Å². The number of anilines is 1. The summed E-state index contributed by atoms with van der Waals surface area (Å²) in [5, 5.41) is 5.23. The van der Waals surface area contributed by atoms with Crippen LogP contribution in [0.5, 0.6) is 0 Å². The molecule has 0 bridgehead atoms. The van der Waals surface area contributed by atoms with Crippen molar-refractivity contribution in [2.75, 3.05) is 12.4 Å². The number of rotatable bonds is 2. The lowest BCUT2D eigenvalue weighted by Crippen LogP contribution is -1.86. The lowest BCUT2D eigenvalue weighted by molar-refractivity contribution is 1.51. The first kappa shape index (κ1) is 8.32. The SMILES string of the molecule is CNc1cccc(-c2cccs2)c1. The highest BCUT2D eigenvalue weighted by Gasteiger charge is 1.97. The molecule has 0 aliphatic rings. The van der Waals surface area contributed by atoms with Crippen LogP contribution in [0.3, 0.4) is 0 Å². The van der Waals surface area contributed by atoms with E-state index in [-0.39, 0.29) is 0 Å². The third-order valence-electron chi connectivity index (χ3n) is 1.96. The molecule has 0 saturated carbocycles. The van der Waals surface area contributed by atoms with Crippen LogP contribution in [0, 0.1) is 0 Å². The second-order valence-electron chi connectivity index (χ2n) is 2.81. The summed E-state index contributed by atoms with van der Waals surface area (Å²) < 4.78 is 0. The fourth-order valence-electron chi connectivity index (χ4n) is 1.27. The van der Waals surface area contributed by atoms with Gasteiger partial charge in [0.1, 0.15) is 0 Å². The van der Waals surface area contributed by atoms with E-state index in [1.807, 2.05) is 7.05 Å². The van der Waals surface area contributed by atoms with Gasteiger partial charge in [0.15, 0.2) is 0 Å². The summed E-state index contributed by atoms with van der Waals surface area (Å²) >= 11 is 1.77. The summed E-state index contributed by atoms with van der Waals surface area (Å²) in [6.45, 7) is 0. The van der Waals surface area contributed by atoms with E-state index in [9.17, 15) is 0 Å². The van der Waals surface area contributed by atoms with Gasteiger partial charge >= 0.3 is 0 Å². The van der Waals surface area contributed by atoms with Gasteiger partial charge < -0.3 is 5.32 Å². The largest absolute Gasteiger partial charge is 0.388 e. The Hall–Kier alpha value is -1.28. The molecule has 2 rings (SSSR count). The van der Waals surface area contributed by atoms with Crippen molar-refractivity contribution in [2.24, 2.45) is 0 Å². The zero-order valence-electron chi connectivity index (χ0n) is 7.45. The molecule has 13 heavy (non-hydrogen) atoms. The van der Waals surface area contributed by atoms with Crippen LogP contribution in [-0.4, -0.2) is 7.05 Å². The summed E-state index contributed by atoms with van der Waals surface area (Å²) in [7, 11) is 1.94. The van der Waals surface area contributed by atoms with Crippen molar-refractivity contribution in [2.45, 2.75) is 0 Å². The van der Waals surface area contributed by atoms with E-state index in [1.54, 1.807) is 11.3 Å². The minimum Gasteiger partial charge on any atom is -0.388 e. The Morgan fingerprint density at radius 2 is 2.08 bits per heavy atom. The fourth-order valence-corrected chi connectivity index (χ4v) is 1.99. The average molecular weight is 189 g/mol. The van der Waals surface area contributed by atoms with Crippen LogP contribution < -0.4 is 5.32 Å². The maximum absolute atomic E-state index is 3.13. The molecule has 0 fully saturated rings. The van der Waals surface area contributed by atoms with Gasteiger partial charge in [-0.25, -0.2) is 0 Å². The predicted octanol–water partition coefficient (Wildman–Crippen LogP) is 3.46. The van der Waals surface area contributed by atoms with E-state index in [1.165, 1.54) is 10.4 Å². The van der Waals surface area contributed by atoms with Gasteiger partial charge in [-0.2, -0.15) is 0 Å². The molecule has 1 nitrogen and oxygen atoms in total. The monoisotopic (exact) mass is 189 g/mol. The fraction of sp³-hybridized carbons (Fsp3) is 0.0909. The normalized spacial score (nSPS) is 9.92. The van der Waals surface area contributed by atoms with Gasteiger partial charge in [-0.05, 0) is 29.1 Å². The Morgan fingerprint density at radius 1 is 1.15 bits per heavy atom. The van der Waals surface area contributed by atoms with Gasteiger partial charge in [0.2, 0.25) is 0 Å². The average Bonchev–Trinajstić information content (AvgIpc) is 2.71. The lowest BCUT2D eigenvalue weighted by atomic mass is 10.2. The van der Waals surface area contributed by atoms with Crippen molar-refractivity contribution in [3.8, 4) is 10.4 Å². The molecule has 0 amide bonds. The van der Waals surface area contributed by atoms with Crippen molar-refractivity contribution >= 4 is 17.0 Å². The molecule has 0 spiro atoms. The van der Waals surface area contributed by atoms with Crippen LogP contribution in [0.2, 0.25) is 0 Å². The molecule has 0 radical (unpaired) electrons. The molecule has 1 aromatic heterocycles. The van der Waals surface area contributed by atoms with E-state index in [2.05, 4.69) is 47.1 Å². The van der Waals surface area contributed by atoms with Gasteiger partial charge in [-0.1, -0.05) is 18.2 Å². The van der Waals surface area contributed by atoms with Gasteiger partial charge in [-0.3, -0.25) is 0 Å². The quantitative estimate of drug-likeness (QED) is 0.763. The Kier molecular flexibility index (Phi) is 2.32. The number of benzene rings is 1. The zero-order valence-corrected chi connectivity index (χ0v) is 8.27. The molecule has 1 heterocycles. The Morgan fingerprint density at radius 3 is 2.77 bits per heavy atom. The van der Waals surface area contributed by atoms with E-state index in [0.717, 1.165) is 5.69 Å². The van der Waals surface area contributed by atoms with Crippen molar-refractivity contribution < 1.29 is 0 Å². The smallest absolute Gasteiger partial charge is 0.0344 e. The van der Waals surface area contributed by atoms with Crippen LogP contribution in [0.4, 0.5) is 5.69 Å². The van der Waals surface area contributed by atoms with Crippen LogP contribution in [-0.2, 0) is 0 Å². The summed E-state index contributed by atoms with van der Waals surface area (Å²) in [6.07, 6.45) is 0. The number of nitrogens with one attached hydrogen (secondary N) is 1. The molecular weight excluding hydrogens is 178 g/mol. The molecule has 1 N–H and O–H groups in total. The summed E-state index contributed by atoms with van der Waals surface area (Å²) in [4.78, 5) is 1.32. The van der Waals surface area contributed by atoms with Gasteiger partial charge in [-0.15, -0.1) is 11.3 Å². The van der Waals surface area contributed by atoms with Crippen molar-refractivity contribution in [3.05, 3.63) is 41.8 Å². The molecule has 0 aliphatic heterocycles. The summed E-state index contributed by atoms with van der Waals surface area (Å²) in [5.74, 6) is 0. The zero-order chi connectivity index (χ0) is 9.10. The molecule has 0 aliphatic carbocycles. The van der Waals surface area contributed by atoms with E-state index in [0.29, 0.717) is 0 Å². The minimum absolute atomic E-state index is 1.16. The number of hydrogen-bond acceptors (Lipinski definition) is 2. The maximum Gasteiger partial charge on any atom is 0.0344 e.